The summed E-state index contributed by atoms with van der Waals surface area (Å²) >= 11 is 1.65. The molecule has 6 heteroatoms. The highest BCUT2D eigenvalue weighted by Gasteiger charge is 2.20. The summed E-state index contributed by atoms with van der Waals surface area (Å²) < 4.78 is 0. The largest absolute Gasteiger partial charge is 0.353 e. The molecule has 0 bridgehead atoms. The van der Waals surface area contributed by atoms with Gasteiger partial charge in [0.15, 0.2) is 0 Å². The molecule has 0 spiro atoms. The maximum atomic E-state index is 12.5. The maximum Gasteiger partial charge on any atom is 0.259 e. The van der Waals surface area contributed by atoms with E-state index in [9.17, 15) is 9.59 Å². The molecule has 1 aliphatic carbocycles. The van der Waals surface area contributed by atoms with Gasteiger partial charge in [0.2, 0.25) is 5.91 Å². The molecule has 24 heavy (non-hydrogen) atoms. The molecule has 0 saturated carbocycles. The lowest BCUT2D eigenvalue weighted by atomic mass is 9.97. The lowest BCUT2D eigenvalue weighted by molar-refractivity contribution is -0.121. The summed E-state index contributed by atoms with van der Waals surface area (Å²) in [6.45, 7) is 6.16. The van der Waals surface area contributed by atoms with Gasteiger partial charge in [-0.1, -0.05) is 13.8 Å². The lowest BCUT2D eigenvalue weighted by Gasteiger charge is -2.17. The number of aromatic amines is 1. The monoisotopic (exact) mass is 347 g/mol. The fourth-order valence-corrected chi connectivity index (χ4v) is 4.33. The van der Waals surface area contributed by atoms with Gasteiger partial charge >= 0.3 is 0 Å². The number of hydrogen-bond donors (Lipinski definition) is 2. The highest BCUT2D eigenvalue weighted by molar-refractivity contribution is 7.18. The molecule has 0 radical (unpaired) electrons. The molecule has 5 nitrogen and oxygen atoms in total. The topological polar surface area (TPSA) is 74.8 Å². The molecule has 1 amide bonds. The van der Waals surface area contributed by atoms with Crippen LogP contribution in [0, 0.1) is 5.92 Å². The summed E-state index contributed by atoms with van der Waals surface area (Å²) in [5.74, 6) is 1.02. The number of aromatic nitrogens is 2. The minimum atomic E-state index is -0.0506. The van der Waals surface area contributed by atoms with Gasteiger partial charge < -0.3 is 10.3 Å². The van der Waals surface area contributed by atoms with Gasteiger partial charge in [0, 0.05) is 23.8 Å². The average molecular weight is 347 g/mol. The van der Waals surface area contributed by atoms with E-state index in [-0.39, 0.29) is 17.5 Å². The average Bonchev–Trinajstić information content (AvgIpc) is 2.91. The molecule has 0 saturated heterocycles. The number of H-pyrrole nitrogens is 1. The molecule has 0 fully saturated rings. The van der Waals surface area contributed by atoms with Crippen molar-refractivity contribution < 1.29 is 4.79 Å². The van der Waals surface area contributed by atoms with Gasteiger partial charge in [-0.3, -0.25) is 9.59 Å². The van der Waals surface area contributed by atoms with Crippen molar-refractivity contribution in [1.82, 2.24) is 15.3 Å². The molecule has 1 atom stereocenters. The van der Waals surface area contributed by atoms with Gasteiger partial charge in [-0.2, -0.15) is 0 Å². The van der Waals surface area contributed by atoms with E-state index in [4.69, 9.17) is 0 Å². The fourth-order valence-electron chi connectivity index (χ4n) is 3.05. The van der Waals surface area contributed by atoms with Crippen molar-refractivity contribution in [2.45, 2.75) is 65.3 Å². The molecule has 0 aliphatic heterocycles. The Labute approximate surface area is 145 Å². The minimum absolute atomic E-state index is 0.00409. The lowest BCUT2D eigenvalue weighted by Crippen LogP contribution is -2.36. The Hall–Kier alpha value is -1.69. The Bertz CT molecular complexity index is 806. The van der Waals surface area contributed by atoms with E-state index in [0.717, 1.165) is 29.5 Å². The Morgan fingerprint density at radius 3 is 2.79 bits per heavy atom. The molecule has 1 aliphatic rings. The first-order valence-electron chi connectivity index (χ1n) is 8.78. The molecule has 2 aromatic rings. The van der Waals surface area contributed by atoms with Crippen LogP contribution in [0.3, 0.4) is 0 Å². The second-order valence-electron chi connectivity index (χ2n) is 7.00. The zero-order valence-electron chi connectivity index (χ0n) is 14.6. The van der Waals surface area contributed by atoms with Crippen LogP contribution in [0.2, 0.25) is 0 Å². The van der Waals surface area contributed by atoms with Gasteiger partial charge in [0.1, 0.15) is 10.7 Å². The van der Waals surface area contributed by atoms with E-state index in [0.29, 0.717) is 24.6 Å². The van der Waals surface area contributed by atoms with Crippen LogP contribution in [-0.2, 0) is 24.1 Å². The third kappa shape index (κ3) is 3.53. The van der Waals surface area contributed by atoms with Crippen LogP contribution in [-0.4, -0.2) is 21.9 Å². The predicted octanol–water partition coefficient (Wildman–Crippen LogP) is 2.96. The summed E-state index contributed by atoms with van der Waals surface area (Å²) in [6, 6.07) is 0.149. The number of nitrogens with zero attached hydrogens (tertiary/aromatic N) is 1. The summed E-state index contributed by atoms with van der Waals surface area (Å²) in [5.41, 5.74) is 1.15. The summed E-state index contributed by atoms with van der Waals surface area (Å²) in [7, 11) is 0. The summed E-state index contributed by atoms with van der Waals surface area (Å²) in [5, 5.41) is 3.76. The van der Waals surface area contributed by atoms with Gasteiger partial charge in [0.25, 0.3) is 5.56 Å². The maximum absolute atomic E-state index is 12.5. The van der Waals surface area contributed by atoms with Gasteiger partial charge in [-0.05, 0) is 44.1 Å². The Balaban J connectivity index is 1.74. The SMILES string of the molecule is CC(C)[C@@H](C)NC(=O)CCc1nc2sc3c(c2c(=O)[nH]1)CCCC3. The first kappa shape index (κ1) is 17.1. The van der Waals surface area contributed by atoms with E-state index in [1.807, 2.05) is 6.92 Å². The third-order valence-electron chi connectivity index (χ3n) is 4.85. The first-order valence-corrected chi connectivity index (χ1v) is 9.60. The van der Waals surface area contributed by atoms with Crippen LogP contribution < -0.4 is 10.9 Å². The van der Waals surface area contributed by atoms with Crippen LogP contribution in [0.1, 0.15) is 56.3 Å². The Kier molecular flexibility index (Phi) is 5.04. The fraction of sp³-hybridized carbons (Fsp3) is 0.611. The van der Waals surface area contributed by atoms with E-state index in [1.54, 1.807) is 11.3 Å². The highest BCUT2D eigenvalue weighted by Crippen LogP contribution is 2.33. The van der Waals surface area contributed by atoms with E-state index in [2.05, 4.69) is 29.1 Å². The zero-order chi connectivity index (χ0) is 17.3. The molecule has 0 aromatic carbocycles. The standard InChI is InChI=1S/C18H25N3O2S/c1-10(2)11(3)19-15(22)9-8-14-20-17(23)16-12-6-4-5-7-13(12)24-18(16)21-14/h10-11H,4-9H2,1-3H3,(H,19,22)(H,20,21,23)/t11-/m1/s1. The van der Waals surface area contributed by atoms with Crippen molar-refractivity contribution in [2.75, 3.05) is 0 Å². The van der Waals surface area contributed by atoms with Crippen molar-refractivity contribution in [3.63, 3.8) is 0 Å². The minimum Gasteiger partial charge on any atom is -0.353 e. The molecular formula is C18H25N3O2S. The number of carbonyl (C=O) groups excluding carboxylic acids is 1. The van der Waals surface area contributed by atoms with Crippen molar-refractivity contribution >= 4 is 27.5 Å². The Morgan fingerprint density at radius 2 is 2.04 bits per heavy atom. The van der Waals surface area contributed by atoms with E-state index in [1.165, 1.54) is 16.9 Å². The van der Waals surface area contributed by atoms with E-state index < -0.39 is 0 Å². The summed E-state index contributed by atoms with van der Waals surface area (Å²) in [4.78, 5) is 34.1. The van der Waals surface area contributed by atoms with Gasteiger partial charge in [-0.25, -0.2) is 4.98 Å². The normalized spacial score (nSPS) is 15.5. The second-order valence-corrected chi connectivity index (χ2v) is 8.09. The number of hydrogen-bond acceptors (Lipinski definition) is 4. The van der Waals surface area contributed by atoms with Crippen molar-refractivity contribution in [3.05, 3.63) is 26.6 Å². The molecule has 2 aromatic heterocycles. The van der Waals surface area contributed by atoms with Crippen LogP contribution in [0.15, 0.2) is 4.79 Å². The van der Waals surface area contributed by atoms with Crippen LogP contribution in [0.5, 0.6) is 0 Å². The zero-order valence-corrected chi connectivity index (χ0v) is 15.4. The molecule has 0 unspecified atom stereocenters. The number of nitrogens with one attached hydrogen (secondary N) is 2. The van der Waals surface area contributed by atoms with Crippen molar-refractivity contribution in [1.29, 1.82) is 0 Å². The number of rotatable bonds is 5. The number of carbonyl (C=O) groups is 1. The van der Waals surface area contributed by atoms with Crippen LogP contribution >= 0.6 is 11.3 Å². The highest BCUT2D eigenvalue weighted by atomic mass is 32.1. The van der Waals surface area contributed by atoms with E-state index >= 15 is 0 Å². The van der Waals surface area contributed by atoms with Crippen LogP contribution in [0.4, 0.5) is 0 Å². The third-order valence-corrected chi connectivity index (χ3v) is 6.04. The summed E-state index contributed by atoms with van der Waals surface area (Å²) in [6.07, 6.45) is 5.18. The number of aryl methyl sites for hydroxylation is 3. The number of thiophene rings is 1. The molecule has 3 rings (SSSR count). The van der Waals surface area contributed by atoms with Gasteiger partial charge in [0.05, 0.1) is 5.39 Å². The number of amides is 1. The molecule has 2 N–H and O–H groups in total. The van der Waals surface area contributed by atoms with Crippen molar-refractivity contribution in [2.24, 2.45) is 5.92 Å². The van der Waals surface area contributed by atoms with Crippen molar-refractivity contribution in [3.8, 4) is 0 Å². The Morgan fingerprint density at radius 1 is 1.29 bits per heavy atom. The van der Waals surface area contributed by atoms with Gasteiger partial charge in [-0.15, -0.1) is 11.3 Å². The second kappa shape index (κ2) is 7.05. The molecule has 2 heterocycles. The smallest absolute Gasteiger partial charge is 0.259 e. The van der Waals surface area contributed by atoms with Crippen LogP contribution in [0.25, 0.3) is 10.2 Å². The molecule has 130 valence electrons. The predicted molar refractivity (Wildman–Crippen MR) is 97.6 cm³/mol. The molecular weight excluding hydrogens is 322 g/mol. The number of fused-ring (bicyclic) bond motifs is 3. The first-order chi connectivity index (χ1) is 11.5. The quantitative estimate of drug-likeness (QED) is 0.873.